The number of nitrogens with zero attached hydrogens (tertiary/aromatic N) is 2. The third-order valence-corrected chi connectivity index (χ3v) is 5.92. The molecular weight excluding hydrogens is 345 g/mol. The lowest BCUT2D eigenvalue weighted by atomic mass is 9.79. The molecule has 0 unspecified atom stereocenters. The van der Waals surface area contributed by atoms with Gasteiger partial charge in [0.05, 0.1) is 6.54 Å². The van der Waals surface area contributed by atoms with E-state index in [1.807, 2.05) is 0 Å². The smallest absolute Gasteiger partial charge is 0.240 e. The second-order valence-electron chi connectivity index (χ2n) is 7.66. The maximum atomic E-state index is 13.4. The van der Waals surface area contributed by atoms with Gasteiger partial charge in [-0.3, -0.25) is 9.69 Å². The van der Waals surface area contributed by atoms with Gasteiger partial charge in [0, 0.05) is 11.6 Å². The van der Waals surface area contributed by atoms with E-state index in [1.54, 1.807) is 18.2 Å². The standard InChI is InChI=1S/C21H26FN3O2/c22-17-8-6-7-16(13-17)19-14-18(27-24-19)15-23-20(26)21(9-2-1-3-10-21)25-11-4-5-12-25/h6-8,13-14H,1-5,9-12,15H2,(H,23,26). The van der Waals surface area contributed by atoms with Crippen molar-refractivity contribution < 1.29 is 13.7 Å². The zero-order valence-corrected chi connectivity index (χ0v) is 15.5. The van der Waals surface area contributed by atoms with Gasteiger partial charge in [0.15, 0.2) is 5.76 Å². The maximum absolute atomic E-state index is 13.4. The van der Waals surface area contributed by atoms with Crippen LogP contribution in [0.25, 0.3) is 11.3 Å². The summed E-state index contributed by atoms with van der Waals surface area (Å²) in [4.78, 5) is 15.5. The predicted octanol–water partition coefficient (Wildman–Crippen LogP) is 3.90. The molecule has 2 heterocycles. The fourth-order valence-electron chi connectivity index (χ4n) is 4.48. The highest BCUT2D eigenvalue weighted by Crippen LogP contribution is 2.36. The Kier molecular flexibility index (Phi) is 5.25. The van der Waals surface area contributed by atoms with E-state index in [4.69, 9.17) is 4.52 Å². The van der Waals surface area contributed by atoms with Crippen LogP contribution in [0.15, 0.2) is 34.9 Å². The van der Waals surface area contributed by atoms with Crippen LogP contribution in [0, 0.1) is 5.82 Å². The van der Waals surface area contributed by atoms with Gasteiger partial charge in [-0.05, 0) is 50.9 Å². The van der Waals surface area contributed by atoms with Crippen LogP contribution in [0.4, 0.5) is 4.39 Å². The summed E-state index contributed by atoms with van der Waals surface area (Å²) in [5.41, 5.74) is 0.878. The quantitative estimate of drug-likeness (QED) is 0.866. The maximum Gasteiger partial charge on any atom is 0.240 e. The van der Waals surface area contributed by atoms with Crippen LogP contribution in [0.2, 0.25) is 0 Å². The lowest BCUT2D eigenvalue weighted by Crippen LogP contribution is -2.58. The summed E-state index contributed by atoms with van der Waals surface area (Å²) in [5, 5.41) is 7.08. The first-order valence-electron chi connectivity index (χ1n) is 9.92. The Labute approximate surface area is 158 Å². The van der Waals surface area contributed by atoms with Gasteiger partial charge in [0.2, 0.25) is 5.91 Å². The Bertz CT molecular complexity index is 792. The van der Waals surface area contributed by atoms with Gasteiger partial charge in [0.25, 0.3) is 0 Å². The lowest BCUT2D eigenvalue weighted by Gasteiger charge is -2.43. The van der Waals surface area contributed by atoms with E-state index in [0.717, 1.165) is 38.8 Å². The summed E-state index contributed by atoms with van der Waals surface area (Å²) < 4.78 is 18.7. The Hall–Kier alpha value is -2.21. The Morgan fingerprint density at radius 2 is 1.93 bits per heavy atom. The normalized spacial score (nSPS) is 19.9. The van der Waals surface area contributed by atoms with Gasteiger partial charge in [-0.2, -0.15) is 0 Å². The van der Waals surface area contributed by atoms with Crippen LogP contribution < -0.4 is 5.32 Å². The van der Waals surface area contributed by atoms with Gasteiger partial charge < -0.3 is 9.84 Å². The van der Waals surface area contributed by atoms with Crippen molar-refractivity contribution in [3.05, 3.63) is 41.9 Å². The molecule has 0 atom stereocenters. The van der Waals surface area contributed by atoms with Crippen LogP contribution in [-0.2, 0) is 11.3 Å². The molecule has 0 radical (unpaired) electrons. The molecule has 1 amide bonds. The number of likely N-dealkylation sites (tertiary alicyclic amines) is 1. The number of hydrogen-bond acceptors (Lipinski definition) is 4. The summed E-state index contributed by atoms with van der Waals surface area (Å²) in [6, 6.07) is 8.01. The number of carbonyl (C=O) groups excluding carboxylic acids is 1. The van der Waals surface area contributed by atoms with Crippen molar-refractivity contribution in [2.24, 2.45) is 0 Å². The van der Waals surface area contributed by atoms with E-state index in [0.29, 0.717) is 23.6 Å². The molecule has 1 N–H and O–H groups in total. The number of nitrogens with one attached hydrogen (secondary N) is 1. The first-order chi connectivity index (χ1) is 13.2. The van der Waals surface area contributed by atoms with Crippen molar-refractivity contribution in [3.63, 3.8) is 0 Å². The zero-order valence-electron chi connectivity index (χ0n) is 15.5. The molecule has 0 spiro atoms. The Morgan fingerprint density at radius 1 is 1.15 bits per heavy atom. The van der Waals surface area contributed by atoms with Gasteiger partial charge >= 0.3 is 0 Å². The SMILES string of the molecule is O=C(NCc1cc(-c2cccc(F)c2)no1)C1(N2CCCC2)CCCCC1. The molecule has 1 saturated heterocycles. The highest BCUT2D eigenvalue weighted by Gasteiger charge is 2.45. The van der Waals surface area contributed by atoms with E-state index in [9.17, 15) is 9.18 Å². The Balaban J connectivity index is 1.44. The van der Waals surface area contributed by atoms with Crippen LogP contribution in [0.1, 0.15) is 50.7 Å². The molecule has 6 heteroatoms. The predicted molar refractivity (Wildman–Crippen MR) is 100 cm³/mol. The molecule has 4 rings (SSSR count). The first-order valence-corrected chi connectivity index (χ1v) is 9.92. The molecule has 1 saturated carbocycles. The molecule has 1 aromatic carbocycles. The largest absolute Gasteiger partial charge is 0.359 e. The van der Waals surface area contributed by atoms with Gasteiger partial charge in [-0.1, -0.05) is 36.6 Å². The van der Waals surface area contributed by atoms with E-state index < -0.39 is 0 Å². The zero-order chi connectivity index (χ0) is 18.7. The fraction of sp³-hybridized carbons (Fsp3) is 0.524. The number of rotatable bonds is 5. The van der Waals surface area contributed by atoms with E-state index in [1.165, 1.54) is 31.4 Å². The molecule has 1 aromatic heterocycles. The molecule has 1 aliphatic carbocycles. The minimum Gasteiger partial charge on any atom is -0.359 e. The molecule has 2 fully saturated rings. The van der Waals surface area contributed by atoms with E-state index in [-0.39, 0.29) is 17.3 Å². The van der Waals surface area contributed by atoms with E-state index in [2.05, 4.69) is 15.4 Å². The van der Waals surface area contributed by atoms with Crippen molar-refractivity contribution in [2.75, 3.05) is 13.1 Å². The molecular formula is C21H26FN3O2. The van der Waals surface area contributed by atoms with Crippen LogP contribution in [-0.4, -0.2) is 34.6 Å². The van der Waals surface area contributed by atoms with E-state index >= 15 is 0 Å². The third-order valence-electron chi connectivity index (χ3n) is 5.92. The average molecular weight is 371 g/mol. The molecule has 0 bridgehead atoms. The number of hydrogen-bond donors (Lipinski definition) is 1. The lowest BCUT2D eigenvalue weighted by molar-refractivity contribution is -0.135. The molecule has 27 heavy (non-hydrogen) atoms. The monoisotopic (exact) mass is 371 g/mol. The van der Waals surface area contributed by atoms with Crippen LogP contribution in [0.3, 0.4) is 0 Å². The number of aromatic nitrogens is 1. The van der Waals surface area contributed by atoms with Crippen molar-refractivity contribution in [2.45, 2.75) is 57.0 Å². The summed E-state index contributed by atoms with van der Waals surface area (Å²) in [5.74, 6) is 0.373. The first kappa shape index (κ1) is 18.2. The van der Waals surface area contributed by atoms with Crippen molar-refractivity contribution in [1.82, 2.24) is 15.4 Å². The Morgan fingerprint density at radius 3 is 2.67 bits per heavy atom. The number of benzene rings is 1. The third kappa shape index (κ3) is 3.76. The topological polar surface area (TPSA) is 58.4 Å². The number of halogens is 1. The van der Waals surface area contributed by atoms with Gasteiger partial charge in [0.1, 0.15) is 17.1 Å². The molecule has 5 nitrogen and oxygen atoms in total. The average Bonchev–Trinajstić information content (AvgIpc) is 3.39. The highest BCUT2D eigenvalue weighted by atomic mass is 19.1. The number of carbonyl (C=O) groups is 1. The van der Waals surface area contributed by atoms with Crippen molar-refractivity contribution in [1.29, 1.82) is 0 Å². The molecule has 2 aromatic rings. The number of amides is 1. The highest BCUT2D eigenvalue weighted by molar-refractivity contribution is 5.86. The second-order valence-corrected chi connectivity index (χ2v) is 7.66. The van der Waals surface area contributed by atoms with Crippen LogP contribution >= 0.6 is 0 Å². The van der Waals surface area contributed by atoms with Gasteiger partial charge in [-0.15, -0.1) is 0 Å². The summed E-state index contributed by atoms with van der Waals surface area (Å²) >= 11 is 0. The van der Waals surface area contributed by atoms with Crippen LogP contribution in [0.5, 0.6) is 0 Å². The summed E-state index contributed by atoms with van der Waals surface area (Å²) in [6.07, 6.45) is 7.64. The summed E-state index contributed by atoms with van der Waals surface area (Å²) in [6.45, 7) is 2.33. The van der Waals surface area contributed by atoms with Crippen molar-refractivity contribution >= 4 is 5.91 Å². The molecule has 144 valence electrons. The molecule has 2 aliphatic rings. The minimum absolute atomic E-state index is 0.104. The minimum atomic E-state index is -0.361. The van der Waals surface area contributed by atoms with Gasteiger partial charge in [-0.25, -0.2) is 4.39 Å². The fourth-order valence-corrected chi connectivity index (χ4v) is 4.48. The summed E-state index contributed by atoms with van der Waals surface area (Å²) in [7, 11) is 0. The van der Waals surface area contributed by atoms with Crippen molar-refractivity contribution in [3.8, 4) is 11.3 Å². The molecule has 1 aliphatic heterocycles. The second kappa shape index (κ2) is 7.80.